The molecule has 0 saturated carbocycles. The van der Waals surface area contributed by atoms with Crippen molar-refractivity contribution in [3.05, 3.63) is 36.4 Å². The highest BCUT2D eigenvalue weighted by atomic mass is 14.0. The lowest BCUT2D eigenvalue weighted by Crippen LogP contribution is -2.22. The summed E-state index contributed by atoms with van der Waals surface area (Å²) >= 11 is 0. The van der Waals surface area contributed by atoms with E-state index in [1.54, 1.807) is 0 Å². The predicted molar refractivity (Wildman–Crippen MR) is 58.3 cm³/mol. The van der Waals surface area contributed by atoms with Gasteiger partial charge < -0.3 is 0 Å². The molecule has 0 radical (unpaired) electrons. The van der Waals surface area contributed by atoms with Crippen molar-refractivity contribution in [2.24, 2.45) is 0 Å². The van der Waals surface area contributed by atoms with E-state index in [1.807, 2.05) is 6.92 Å². The lowest BCUT2D eigenvalue weighted by Gasteiger charge is -2.05. The summed E-state index contributed by atoms with van der Waals surface area (Å²) in [4.78, 5) is 0. The number of allylic oxidation sites excluding steroid dienone is 1. The van der Waals surface area contributed by atoms with Crippen molar-refractivity contribution in [2.75, 3.05) is 0 Å². The second-order valence-corrected chi connectivity index (χ2v) is 3.56. The SMILES string of the molecule is C=C(C)c1cccc(B(C)C)c1. The fourth-order valence-corrected chi connectivity index (χ4v) is 1.16. The van der Waals surface area contributed by atoms with Crippen LogP contribution in [0.5, 0.6) is 0 Å². The third kappa shape index (κ3) is 2.01. The van der Waals surface area contributed by atoms with Gasteiger partial charge in [-0.1, -0.05) is 55.5 Å². The zero-order valence-electron chi connectivity index (χ0n) is 8.09. The van der Waals surface area contributed by atoms with Crippen LogP contribution in [-0.4, -0.2) is 6.71 Å². The molecule has 0 fully saturated rings. The smallest absolute Gasteiger partial charge is 0.0955 e. The van der Waals surface area contributed by atoms with Gasteiger partial charge >= 0.3 is 0 Å². The standard InChI is InChI=1S/C11H15B/c1-9(2)10-6-5-7-11(8-10)12(3)4/h5-8H,1H2,2-4H3. The van der Waals surface area contributed by atoms with Crippen LogP contribution in [-0.2, 0) is 0 Å². The molecule has 1 heteroatoms. The summed E-state index contributed by atoms with van der Waals surface area (Å²) in [6, 6.07) is 8.58. The first-order chi connectivity index (χ1) is 5.61. The minimum atomic E-state index is 0.601. The molecule has 1 aromatic carbocycles. The van der Waals surface area contributed by atoms with Crippen molar-refractivity contribution in [3.63, 3.8) is 0 Å². The zero-order valence-corrected chi connectivity index (χ0v) is 8.09. The van der Waals surface area contributed by atoms with Gasteiger partial charge in [-0.25, -0.2) is 0 Å². The Hall–Kier alpha value is -0.975. The number of rotatable bonds is 2. The van der Waals surface area contributed by atoms with E-state index in [9.17, 15) is 0 Å². The van der Waals surface area contributed by atoms with Crippen LogP contribution in [0.25, 0.3) is 5.57 Å². The van der Waals surface area contributed by atoms with Crippen LogP contribution < -0.4 is 5.46 Å². The van der Waals surface area contributed by atoms with Crippen LogP contribution in [0, 0.1) is 0 Å². The van der Waals surface area contributed by atoms with Crippen LogP contribution in [0.15, 0.2) is 30.8 Å². The van der Waals surface area contributed by atoms with Gasteiger partial charge in [-0.05, 0) is 12.5 Å². The number of hydrogen-bond acceptors (Lipinski definition) is 0. The van der Waals surface area contributed by atoms with Gasteiger partial charge in [-0.2, -0.15) is 0 Å². The van der Waals surface area contributed by atoms with Gasteiger partial charge in [0.25, 0.3) is 0 Å². The monoisotopic (exact) mass is 158 g/mol. The van der Waals surface area contributed by atoms with Crippen LogP contribution in [0.2, 0.25) is 13.6 Å². The van der Waals surface area contributed by atoms with Gasteiger partial charge in [0.15, 0.2) is 6.71 Å². The topological polar surface area (TPSA) is 0 Å². The molecule has 0 saturated heterocycles. The molecule has 0 heterocycles. The van der Waals surface area contributed by atoms with Crippen molar-refractivity contribution >= 4 is 17.7 Å². The van der Waals surface area contributed by atoms with E-state index in [1.165, 1.54) is 11.0 Å². The first-order valence-electron chi connectivity index (χ1n) is 4.37. The first kappa shape index (κ1) is 9.12. The summed E-state index contributed by atoms with van der Waals surface area (Å²) in [5.41, 5.74) is 3.77. The summed E-state index contributed by atoms with van der Waals surface area (Å²) < 4.78 is 0. The predicted octanol–water partition coefficient (Wildman–Crippen LogP) is 2.68. The largest absolute Gasteiger partial charge is 0.169 e. The summed E-state index contributed by atoms with van der Waals surface area (Å²) in [5.74, 6) is 0. The van der Waals surface area contributed by atoms with Crippen molar-refractivity contribution in [1.82, 2.24) is 0 Å². The molecule has 0 aromatic heterocycles. The normalized spacial score (nSPS) is 9.58. The minimum Gasteiger partial charge on any atom is -0.0955 e. The van der Waals surface area contributed by atoms with Crippen molar-refractivity contribution in [1.29, 1.82) is 0 Å². The molecule has 62 valence electrons. The van der Waals surface area contributed by atoms with Crippen LogP contribution in [0.3, 0.4) is 0 Å². The Morgan fingerprint density at radius 2 is 2.00 bits per heavy atom. The summed E-state index contributed by atoms with van der Waals surface area (Å²) in [7, 11) is 0. The molecule has 0 aliphatic rings. The van der Waals surface area contributed by atoms with Gasteiger partial charge in [0, 0.05) is 0 Å². The molecular formula is C11H15B. The zero-order chi connectivity index (χ0) is 9.14. The molecule has 0 aliphatic heterocycles. The minimum absolute atomic E-state index is 0.601. The highest BCUT2D eigenvalue weighted by Gasteiger charge is 2.02. The van der Waals surface area contributed by atoms with E-state index in [4.69, 9.17) is 0 Å². The lowest BCUT2D eigenvalue weighted by atomic mass is 9.49. The molecule has 0 N–H and O–H groups in total. The Balaban J connectivity index is 3.04. The molecule has 1 aromatic rings. The molecule has 1 rings (SSSR count). The Morgan fingerprint density at radius 1 is 1.33 bits per heavy atom. The van der Waals surface area contributed by atoms with Crippen LogP contribution in [0.1, 0.15) is 12.5 Å². The van der Waals surface area contributed by atoms with Crippen molar-refractivity contribution < 1.29 is 0 Å². The molecule has 0 amide bonds. The molecule has 0 bridgehead atoms. The average molecular weight is 158 g/mol. The highest BCUT2D eigenvalue weighted by Crippen LogP contribution is 2.08. The molecular weight excluding hydrogens is 143 g/mol. The van der Waals surface area contributed by atoms with E-state index in [2.05, 4.69) is 44.5 Å². The Labute approximate surface area is 75.4 Å². The Bertz CT molecular complexity index is 287. The Morgan fingerprint density at radius 3 is 2.50 bits per heavy atom. The summed E-state index contributed by atoms with van der Waals surface area (Å²) in [6.07, 6.45) is 0. The maximum Gasteiger partial charge on any atom is 0.169 e. The van der Waals surface area contributed by atoms with E-state index >= 15 is 0 Å². The van der Waals surface area contributed by atoms with Gasteiger partial charge in [0.1, 0.15) is 0 Å². The van der Waals surface area contributed by atoms with Crippen LogP contribution in [0.4, 0.5) is 0 Å². The summed E-state index contributed by atoms with van der Waals surface area (Å²) in [6.45, 7) is 11.0. The van der Waals surface area contributed by atoms with E-state index in [0.717, 1.165) is 5.57 Å². The number of hydrogen-bond donors (Lipinski definition) is 0. The highest BCUT2D eigenvalue weighted by molar-refractivity contribution is 6.70. The Kier molecular flexibility index (Phi) is 2.75. The first-order valence-corrected chi connectivity index (χ1v) is 4.37. The fourth-order valence-electron chi connectivity index (χ4n) is 1.16. The maximum atomic E-state index is 3.93. The van der Waals surface area contributed by atoms with E-state index in [-0.39, 0.29) is 0 Å². The van der Waals surface area contributed by atoms with Crippen LogP contribution >= 0.6 is 0 Å². The van der Waals surface area contributed by atoms with Crippen molar-refractivity contribution in [3.8, 4) is 0 Å². The molecule has 0 nitrogen and oxygen atoms in total. The van der Waals surface area contributed by atoms with Crippen molar-refractivity contribution in [2.45, 2.75) is 20.6 Å². The third-order valence-corrected chi connectivity index (χ3v) is 2.05. The van der Waals surface area contributed by atoms with Gasteiger partial charge in [-0.3, -0.25) is 0 Å². The summed E-state index contributed by atoms with van der Waals surface area (Å²) in [5, 5.41) is 0. The third-order valence-electron chi connectivity index (χ3n) is 2.05. The average Bonchev–Trinajstić information content (AvgIpc) is 2.04. The lowest BCUT2D eigenvalue weighted by molar-refractivity contribution is 1.60. The maximum absolute atomic E-state index is 3.93. The van der Waals surface area contributed by atoms with Gasteiger partial charge in [0.2, 0.25) is 0 Å². The quantitative estimate of drug-likeness (QED) is 0.580. The fraction of sp³-hybridized carbons (Fsp3) is 0.273. The van der Waals surface area contributed by atoms with E-state index in [0.29, 0.717) is 6.71 Å². The number of benzene rings is 1. The molecule has 0 spiro atoms. The molecule has 12 heavy (non-hydrogen) atoms. The second-order valence-electron chi connectivity index (χ2n) is 3.56. The van der Waals surface area contributed by atoms with Gasteiger partial charge in [-0.15, -0.1) is 0 Å². The molecule has 0 atom stereocenters. The second kappa shape index (κ2) is 3.62. The van der Waals surface area contributed by atoms with Gasteiger partial charge in [0.05, 0.1) is 0 Å². The molecule has 0 unspecified atom stereocenters. The molecule has 0 aliphatic carbocycles. The van der Waals surface area contributed by atoms with E-state index < -0.39 is 0 Å².